The normalized spacial score (nSPS) is 26.4. The molecule has 0 bridgehead atoms. The first-order chi connectivity index (χ1) is 16.0. The highest BCUT2D eigenvalue weighted by atomic mass is 31.2. The van der Waals surface area contributed by atoms with Gasteiger partial charge in [-0.05, 0) is 38.2 Å². The summed E-state index contributed by atoms with van der Waals surface area (Å²) in [6.45, 7) is 1.65. The molecule has 1 aliphatic rings. The molecule has 13 nitrogen and oxygen atoms in total. The number of benzene rings is 1. The molecule has 1 aromatic rings. The number of aliphatic hydroxyl groups is 3. The monoisotopic (exact) mass is 506 g/mol. The van der Waals surface area contributed by atoms with E-state index in [1.807, 2.05) is 0 Å². The molecule has 0 radical (unpaired) electrons. The van der Waals surface area contributed by atoms with Crippen LogP contribution in [0.25, 0.3) is 0 Å². The number of esters is 1. The Morgan fingerprint density at radius 2 is 1.82 bits per heavy atom. The number of carbonyl (C=O) groups excluding carboxylic acids is 2. The number of hydrogen-bond donors (Lipinski definition) is 4. The molecule has 192 valence electrons. The molecule has 1 heterocycles. The van der Waals surface area contributed by atoms with Crippen LogP contribution < -0.4 is 14.6 Å². The average Bonchev–Trinajstić information content (AvgIpc) is 2.78. The van der Waals surface area contributed by atoms with Gasteiger partial charge in [0, 0.05) is 6.92 Å². The fourth-order valence-electron chi connectivity index (χ4n) is 3.17. The minimum Gasteiger partial charge on any atom is -0.497 e. The molecule has 14 heteroatoms. The van der Waals surface area contributed by atoms with E-state index in [-0.39, 0.29) is 12.4 Å². The summed E-state index contributed by atoms with van der Waals surface area (Å²) in [7, 11) is -1.71. The summed E-state index contributed by atoms with van der Waals surface area (Å²) in [6.07, 6.45) is -6.21. The van der Waals surface area contributed by atoms with Gasteiger partial charge in [0.25, 0.3) is 0 Å². The molecular formula is C20H31N2O11P. The Balaban J connectivity index is 2.42. The van der Waals surface area contributed by atoms with Crippen LogP contribution >= 0.6 is 7.75 Å². The second-order valence-electron chi connectivity index (χ2n) is 7.39. The van der Waals surface area contributed by atoms with Crippen molar-refractivity contribution in [2.75, 3.05) is 33.9 Å². The Bertz CT molecular complexity index is 869. The van der Waals surface area contributed by atoms with Gasteiger partial charge >= 0.3 is 13.7 Å². The number of ether oxygens (including phenoxy) is 3. The van der Waals surface area contributed by atoms with E-state index < -0.39 is 63.4 Å². The number of nitrogens with zero attached hydrogens (tertiary/aromatic N) is 1. The van der Waals surface area contributed by atoms with Crippen molar-refractivity contribution in [3.8, 4) is 11.5 Å². The lowest BCUT2D eigenvalue weighted by Crippen LogP contribution is -2.64. The Labute approximate surface area is 197 Å². The molecule has 1 aliphatic heterocycles. The second kappa shape index (κ2) is 12.5. The third-order valence-electron chi connectivity index (χ3n) is 4.86. The lowest BCUT2D eigenvalue weighted by atomic mass is 9.97. The Morgan fingerprint density at radius 1 is 1.21 bits per heavy atom. The average molecular weight is 506 g/mol. The van der Waals surface area contributed by atoms with Gasteiger partial charge in [0.05, 0.1) is 20.3 Å². The van der Waals surface area contributed by atoms with Crippen LogP contribution in [0.3, 0.4) is 0 Å². The quantitative estimate of drug-likeness (QED) is 0.227. The first kappa shape index (κ1) is 28.0. The lowest BCUT2D eigenvalue weighted by Gasteiger charge is -2.43. The van der Waals surface area contributed by atoms with Crippen molar-refractivity contribution < 1.29 is 52.7 Å². The SMILES string of the molecule is CCOC(=O)CN(C)P(=O)(Oc1ccc(OC)cc1)O[C@@H]1[C@H](O)[C@@H](CO)O[C@H](O)[C@@H]1NC(C)=O. The zero-order valence-electron chi connectivity index (χ0n) is 19.3. The predicted molar refractivity (Wildman–Crippen MR) is 117 cm³/mol. The molecule has 1 amide bonds. The molecule has 0 saturated carbocycles. The van der Waals surface area contributed by atoms with Crippen LogP contribution in [-0.2, 0) is 28.2 Å². The zero-order valence-corrected chi connectivity index (χ0v) is 20.2. The van der Waals surface area contributed by atoms with Gasteiger partial charge in [-0.25, -0.2) is 4.57 Å². The number of carbonyl (C=O) groups is 2. The van der Waals surface area contributed by atoms with Crippen molar-refractivity contribution in [1.82, 2.24) is 9.99 Å². The van der Waals surface area contributed by atoms with E-state index in [4.69, 9.17) is 23.3 Å². The summed E-state index contributed by atoms with van der Waals surface area (Å²) >= 11 is 0. The van der Waals surface area contributed by atoms with Gasteiger partial charge in [0.15, 0.2) is 6.29 Å². The first-order valence-corrected chi connectivity index (χ1v) is 11.9. The number of amides is 1. The van der Waals surface area contributed by atoms with Gasteiger partial charge in [-0.2, -0.15) is 4.67 Å². The third-order valence-corrected chi connectivity index (χ3v) is 6.79. The molecule has 1 unspecified atom stereocenters. The number of hydrogen-bond acceptors (Lipinski definition) is 11. The molecule has 6 atom stereocenters. The van der Waals surface area contributed by atoms with Crippen LogP contribution in [0.5, 0.6) is 11.5 Å². The van der Waals surface area contributed by atoms with Crippen LogP contribution in [0.1, 0.15) is 13.8 Å². The van der Waals surface area contributed by atoms with E-state index in [2.05, 4.69) is 5.32 Å². The number of methoxy groups -OCH3 is 1. The first-order valence-electron chi connectivity index (χ1n) is 10.4. The van der Waals surface area contributed by atoms with Crippen molar-refractivity contribution in [3.63, 3.8) is 0 Å². The van der Waals surface area contributed by atoms with Gasteiger partial charge in [0.1, 0.15) is 42.4 Å². The maximum absolute atomic E-state index is 14.0. The maximum Gasteiger partial charge on any atom is 0.462 e. The minimum absolute atomic E-state index is 0.0803. The van der Waals surface area contributed by atoms with Crippen LogP contribution in [0.2, 0.25) is 0 Å². The molecular weight excluding hydrogens is 475 g/mol. The fourth-order valence-corrected chi connectivity index (χ4v) is 4.76. The van der Waals surface area contributed by atoms with Crippen LogP contribution in [0, 0.1) is 0 Å². The van der Waals surface area contributed by atoms with Crippen LogP contribution in [0.15, 0.2) is 24.3 Å². The number of nitrogens with one attached hydrogen (secondary N) is 1. The Hall–Kier alpha value is -2.25. The van der Waals surface area contributed by atoms with E-state index in [1.54, 1.807) is 19.1 Å². The van der Waals surface area contributed by atoms with Crippen molar-refractivity contribution in [3.05, 3.63) is 24.3 Å². The minimum atomic E-state index is -4.45. The molecule has 1 aromatic carbocycles. The third kappa shape index (κ3) is 7.12. The van der Waals surface area contributed by atoms with Crippen LogP contribution in [-0.4, -0.2) is 96.4 Å². The van der Waals surface area contributed by atoms with Gasteiger partial charge in [-0.15, -0.1) is 0 Å². The van der Waals surface area contributed by atoms with Gasteiger partial charge < -0.3 is 39.4 Å². The fraction of sp³-hybridized carbons (Fsp3) is 0.600. The molecule has 0 aliphatic carbocycles. The number of aliphatic hydroxyl groups excluding tert-OH is 3. The van der Waals surface area contributed by atoms with Crippen molar-refractivity contribution >= 4 is 19.6 Å². The summed E-state index contributed by atoms with van der Waals surface area (Å²) in [5.74, 6) is -0.729. The van der Waals surface area contributed by atoms with E-state index in [1.165, 1.54) is 26.3 Å². The lowest BCUT2D eigenvalue weighted by molar-refractivity contribution is -0.250. The number of rotatable bonds is 11. The Morgan fingerprint density at radius 3 is 2.35 bits per heavy atom. The summed E-state index contributed by atoms with van der Waals surface area (Å²) in [5.41, 5.74) is 0. The van der Waals surface area contributed by atoms with Gasteiger partial charge in [-0.1, -0.05) is 0 Å². The highest BCUT2D eigenvalue weighted by molar-refractivity contribution is 7.51. The summed E-state index contributed by atoms with van der Waals surface area (Å²) < 4.78 is 41.4. The van der Waals surface area contributed by atoms with Crippen molar-refractivity contribution in [2.45, 2.75) is 44.5 Å². The van der Waals surface area contributed by atoms with E-state index >= 15 is 0 Å². The smallest absolute Gasteiger partial charge is 0.462 e. The summed E-state index contributed by atoms with van der Waals surface area (Å²) in [6, 6.07) is 4.60. The predicted octanol–water partition coefficient (Wildman–Crippen LogP) is -0.363. The van der Waals surface area contributed by atoms with Gasteiger partial charge in [0.2, 0.25) is 5.91 Å². The van der Waals surface area contributed by atoms with E-state index in [0.717, 1.165) is 11.6 Å². The van der Waals surface area contributed by atoms with Crippen LogP contribution in [0.4, 0.5) is 0 Å². The summed E-state index contributed by atoms with van der Waals surface area (Å²) in [5, 5.41) is 32.9. The van der Waals surface area contributed by atoms with Crippen molar-refractivity contribution in [2.24, 2.45) is 0 Å². The maximum atomic E-state index is 14.0. The molecule has 34 heavy (non-hydrogen) atoms. The second-order valence-corrected chi connectivity index (χ2v) is 9.40. The molecule has 0 aromatic heterocycles. The van der Waals surface area contributed by atoms with E-state index in [9.17, 15) is 29.5 Å². The highest BCUT2D eigenvalue weighted by Gasteiger charge is 2.50. The topological polar surface area (TPSA) is 173 Å². The molecule has 1 fully saturated rings. The van der Waals surface area contributed by atoms with E-state index in [0.29, 0.717) is 5.75 Å². The Kier molecular flexibility index (Phi) is 10.3. The van der Waals surface area contributed by atoms with Crippen molar-refractivity contribution in [1.29, 1.82) is 0 Å². The largest absolute Gasteiger partial charge is 0.497 e. The molecule has 1 saturated heterocycles. The molecule has 4 N–H and O–H groups in total. The molecule has 0 spiro atoms. The van der Waals surface area contributed by atoms with Gasteiger partial charge in [-0.3, -0.25) is 14.1 Å². The standard InChI is InChI=1S/C20H31N2O11P/c1-5-30-16(25)10-22(3)34(28,32-14-8-6-13(29-4)7-9-14)33-19-17(21-12(2)24)20(27)31-15(11-23)18(19)26/h6-9,15,17-20,23,26-27H,5,10-11H2,1-4H3,(H,21,24)/t15-,17-,18-,19+,20+,34?/m1/s1. The molecule has 2 rings (SSSR count). The summed E-state index contributed by atoms with van der Waals surface area (Å²) in [4.78, 5) is 23.7. The number of likely N-dealkylation sites (N-methyl/N-ethyl adjacent to an activating group) is 1. The highest BCUT2D eigenvalue weighted by Crippen LogP contribution is 2.53. The zero-order chi connectivity index (χ0) is 25.5.